The molecule has 3 heterocycles. The molecule has 2 aliphatic rings. The summed E-state index contributed by atoms with van der Waals surface area (Å²) in [4.78, 5) is 38.2. The number of amides is 3. The van der Waals surface area contributed by atoms with E-state index in [1.807, 2.05) is 25.2 Å². The number of nitrogens with zero attached hydrogens (tertiary/aromatic N) is 3. The van der Waals surface area contributed by atoms with Crippen LogP contribution in [0.4, 0.5) is 4.39 Å². The van der Waals surface area contributed by atoms with Gasteiger partial charge in [-0.1, -0.05) is 18.2 Å². The number of carbonyl (C=O) groups is 3. The molecule has 0 aliphatic carbocycles. The van der Waals surface area contributed by atoms with E-state index in [2.05, 4.69) is 10.4 Å². The minimum absolute atomic E-state index is 0.214. The minimum atomic E-state index is -0.653. The first-order valence-corrected chi connectivity index (χ1v) is 10.4. The van der Waals surface area contributed by atoms with Crippen LogP contribution in [-0.2, 0) is 23.2 Å². The van der Waals surface area contributed by atoms with Gasteiger partial charge in [-0.15, -0.1) is 0 Å². The molecule has 0 spiro atoms. The van der Waals surface area contributed by atoms with Crippen LogP contribution in [0.25, 0.3) is 22.4 Å². The Morgan fingerprint density at radius 1 is 1.09 bits per heavy atom. The fourth-order valence-electron chi connectivity index (χ4n) is 4.57. The fourth-order valence-corrected chi connectivity index (χ4v) is 4.57. The van der Waals surface area contributed by atoms with Crippen molar-refractivity contribution in [3.05, 3.63) is 65.1 Å². The standard InChI is InChI=1S/C24H21FN4O3/c1-13-16(4-3-5-19(13)25)22-18(11-26-28(22)2)14-6-7-17-15(10-14)12-29(24(17)32)20-8-9-21(30)27-23(20)31/h3-7,10-11,20H,8-9,12H2,1-2H3,(H,27,30,31). The van der Waals surface area contributed by atoms with Crippen LogP contribution in [0.1, 0.15) is 34.3 Å². The van der Waals surface area contributed by atoms with Crippen LogP contribution >= 0.6 is 0 Å². The monoisotopic (exact) mass is 432 g/mol. The molecule has 3 aromatic rings. The lowest BCUT2D eigenvalue weighted by atomic mass is 9.96. The van der Waals surface area contributed by atoms with Crippen molar-refractivity contribution in [3.8, 4) is 22.4 Å². The van der Waals surface area contributed by atoms with Gasteiger partial charge in [0.25, 0.3) is 5.91 Å². The summed E-state index contributed by atoms with van der Waals surface area (Å²) in [6.45, 7) is 2.03. The summed E-state index contributed by atoms with van der Waals surface area (Å²) in [7, 11) is 1.81. The highest BCUT2D eigenvalue weighted by Gasteiger charge is 2.39. The lowest BCUT2D eigenvalue weighted by Crippen LogP contribution is -2.52. The highest BCUT2D eigenvalue weighted by Crippen LogP contribution is 2.37. The van der Waals surface area contributed by atoms with E-state index in [9.17, 15) is 18.8 Å². The van der Waals surface area contributed by atoms with Crippen molar-refractivity contribution >= 4 is 17.7 Å². The minimum Gasteiger partial charge on any atom is -0.322 e. The first-order chi connectivity index (χ1) is 15.3. The molecule has 2 aromatic carbocycles. The highest BCUT2D eigenvalue weighted by molar-refractivity contribution is 6.05. The van der Waals surface area contributed by atoms with Crippen molar-refractivity contribution in [2.45, 2.75) is 32.4 Å². The number of imide groups is 1. The molecular weight excluding hydrogens is 411 g/mol. The Balaban J connectivity index is 1.52. The second-order valence-electron chi connectivity index (χ2n) is 8.21. The summed E-state index contributed by atoms with van der Waals surface area (Å²) in [5, 5.41) is 6.70. The van der Waals surface area contributed by atoms with Gasteiger partial charge in [-0.3, -0.25) is 24.4 Å². The number of benzene rings is 2. The van der Waals surface area contributed by atoms with Crippen molar-refractivity contribution in [2.75, 3.05) is 0 Å². The Labute approximate surface area is 183 Å². The van der Waals surface area contributed by atoms with Gasteiger partial charge in [-0.2, -0.15) is 5.10 Å². The maximum atomic E-state index is 14.2. The molecule has 1 N–H and O–H groups in total. The van der Waals surface area contributed by atoms with Crippen LogP contribution in [0.3, 0.4) is 0 Å². The van der Waals surface area contributed by atoms with E-state index in [1.54, 1.807) is 29.9 Å². The highest BCUT2D eigenvalue weighted by atomic mass is 19.1. The molecule has 162 valence electrons. The van der Waals surface area contributed by atoms with Crippen LogP contribution < -0.4 is 5.32 Å². The lowest BCUT2D eigenvalue weighted by Gasteiger charge is -2.29. The third kappa shape index (κ3) is 3.10. The number of carbonyl (C=O) groups excluding carboxylic acids is 3. The van der Waals surface area contributed by atoms with Crippen molar-refractivity contribution in [1.82, 2.24) is 20.0 Å². The van der Waals surface area contributed by atoms with Crippen LogP contribution in [0.15, 0.2) is 42.6 Å². The van der Waals surface area contributed by atoms with E-state index in [0.29, 0.717) is 24.1 Å². The molecule has 1 unspecified atom stereocenters. The Morgan fingerprint density at radius 3 is 2.69 bits per heavy atom. The first kappa shape index (κ1) is 20.1. The average molecular weight is 432 g/mol. The number of aryl methyl sites for hydroxylation is 1. The quantitative estimate of drug-likeness (QED) is 0.645. The number of hydrogen-bond acceptors (Lipinski definition) is 4. The van der Waals surface area contributed by atoms with Crippen molar-refractivity contribution in [1.29, 1.82) is 0 Å². The second-order valence-corrected chi connectivity index (χ2v) is 8.21. The number of piperidine rings is 1. The summed E-state index contributed by atoms with van der Waals surface area (Å²) in [5.74, 6) is -1.24. The van der Waals surface area contributed by atoms with Gasteiger partial charge in [-0.05, 0) is 48.2 Å². The topological polar surface area (TPSA) is 84.3 Å². The number of nitrogens with one attached hydrogen (secondary N) is 1. The second kappa shape index (κ2) is 7.40. The smallest absolute Gasteiger partial charge is 0.255 e. The van der Waals surface area contributed by atoms with Gasteiger partial charge in [0.1, 0.15) is 11.9 Å². The van der Waals surface area contributed by atoms with E-state index in [-0.39, 0.29) is 24.1 Å². The molecule has 1 atom stereocenters. The first-order valence-electron chi connectivity index (χ1n) is 10.4. The summed E-state index contributed by atoms with van der Waals surface area (Å²) in [5.41, 5.74) is 5.12. The van der Waals surface area contributed by atoms with Crippen LogP contribution in [0.2, 0.25) is 0 Å². The summed E-state index contributed by atoms with van der Waals surface area (Å²) in [6, 6.07) is 9.84. The Bertz CT molecular complexity index is 1300. The van der Waals surface area contributed by atoms with E-state index >= 15 is 0 Å². The van der Waals surface area contributed by atoms with E-state index in [1.165, 1.54) is 11.0 Å². The predicted octanol–water partition coefficient (Wildman–Crippen LogP) is 2.96. The fraction of sp³-hybridized carbons (Fsp3) is 0.250. The molecule has 3 amide bonds. The predicted molar refractivity (Wildman–Crippen MR) is 115 cm³/mol. The number of hydrogen-bond donors (Lipinski definition) is 1. The Hall–Kier alpha value is -3.81. The molecule has 0 saturated carbocycles. The molecule has 5 rings (SSSR count). The van der Waals surface area contributed by atoms with Gasteiger partial charge in [0, 0.05) is 36.7 Å². The van der Waals surface area contributed by atoms with E-state index < -0.39 is 11.9 Å². The molecule has 1 aromatic heterocycles. The normalized spacial score (nSPS) is 18.2. The molecule has 0 radical (unpaired) electrons. The Morgan fingerprint density at radius 2 is 1.91 bits per heavy atom. The van der Waals surface area contributed by atoms with Gasteiger partial charge >= 0.3 is 0 Å². The summed E-state index contributed by atoms with van der Waals surface area (Å²) >= 11 is 0. The molecule has 32 heavy (non-hydrogen) atoms. The number of halogens is 1. The number of rotatable bonds is 3. The van der Waals surface area contributed by atoms with Crippen molar-refractivity contribution in [3.63, 3.8) is 0 Å². The van der Waals surface area contributed by atoms with Crippen LogP contribution in [0.5, 0.6) is 0 Å². The van der Waals surface area contributed by atoms with Gasteiger partial charge in [0.15, 0.2) is 0 Å². The van der Waals surface area contributed by atoms with E-state index in [4.69, 9.17) is 0 Å². The molecule has 8 heteroatoms. The maximum absolute atomic E-state index is 14.2. The maximum Gasteiger partial charge on any atom is 0.255 e. The molecule has 0 bridgehead atoms. The number of fused-ring (bicyclic) bond motifs is 1. The summed E-state index contributed by atoms with van der Waals surface area (Å²) < 4.78 is 15.9. The largest absolute Gasteiger partial charge is 0.322 e. The van der Waals surface area contributed by atoms with Gasteiger partial charge in [0.2, 0.25) is 11.8 Å². The molecule has 1 saturated heterocycles. The van der Waals surface area contributed by atoms with Crippen molar-refractivity contribution < 1.29 is 18.8 Å². The van der Waals surface area contributed by atoms with E-state index in [0.717, 1.165) is 27.9 Å². The van der Waals surface area contributed by atoms with Crippen LogP contribution in [0, 0.1) is 12.7 Å². The molecule has 2 aliphatic heterocycles. The van der Waals surface area contributed by atoms with Crippen molar-refractivity contribution in [2.24, 2.45) is 7.05 Å². The zero-order valence-corrected chi connectivity index (χ0v) is 17.7. The third-order valence-electron chi connectivity index (χ3n) is 6.30. The third-order valence-corrected chi connectivity index (χ3v) is 6.30. The molecular formula is C24H21FN4O3. The average Bonchev–Trinajstić information content (AvgIpc) is 3.30. The SMILES string of the molecule is Cc1c(F)cccc1-c1c(-c2ccc3c(c2)CN(C2CCC(=O)NC2=O)C3=O)cnn1C. The zero-order chi connectivity index (χ0) is 22.6. The van der Waals surface area contributed by atoms with Gasteiger partial charge < -0.3 is 4.90 Å². The van der Waals surface area contributed by atoms with Gasteiger partial charge in [-0.25, -0.2) is 4.39 Å². The molecule has 1 fully saturated rings. The Kier molecular flexibility index (Phi) is 4.65. The van der Waals surface area contributed by atoms with Crippen LogP contribution in [-0.4, -0.2) is 38.4 Å². The zero-order valence-electron chi connectivity index (χ0n) is 17.7. The molecule has 7 nitrogen and oxygen atoms in total. The number of aromatic nitrogens is 2. The summed E-state index contributed by atoms with van der Waals surface area (Å²) in [6.07, 6.45) is 2.27. The lowest BCUT2D eigenvalue weighted by molar-refractivity contribution is -0.136. The van der Waals surface area contributed by atoms with Gasteiger partial charge in [0.05, 0.1) is 11.9 Å².